The van der Waals surface area contributed by atoms with Gasteiger partial charge in [0.2, 0.25) is 0 Å². The van der Waals surface area contributed by atoms with Crippen LogP contribution in [0.15, 0.2) is 141 Å². The second-order valence-electron chi connectivity index (χ2n) is 17.1. The van der Waals surface area contributed by atoms with E-state index in [1.807, 2.05) is 0 Å². The van der Waals surface area contributed by atoms with Crippen LogP contribution in [0.25, 0.3) is 21.5 Å². The molecule has 6 aromatic carbocycles. The zero-order chi connectivity index (χ0) is 57.0. The molecule has 29 heteroatoms. The lowest BCUT2D eigenvalue weighted by atomic mass is 10.1. The minimum atomic E-state index is -5.38. The van der Waals surface area contributed by atoms with Crippen LogP contribution >= 0.6 is 0 Å². The van der Waals surface area contributed by atoms with Crippen molar-refractivity contribution in [2.75, 3.05) is 31.9 Å². The number of carbonyl (C=O) groups excluding carboxylic acids is 5. The Morgan fingerprint density at radius 2 is 0.731 bits per heavy atom. The van der Waals surface area contributed by atoms with Gasteiger partial charge in [0.1, 0.15) is 51.9 Å². The first-order chi connectivity index (χ1) is 36.4. The van der Waals surface area contributed by atoms with Crippen molar-refractivity contribution in [1.29, 1.82) is 0 Å². The van der Waals surface area contributed by atoms with Crippen molar-refractivity contribution in [3.05, 3.63) is 155 Å². The third kappa shape index (κ3) is 11.3. The summed E-state index contributed by atoms with van der Waals surface area (Å²) in [5.74, 6) is -3.25. The van der Waals surface area contributed by atoms with Crippen LogP contribution in [-0.2, 0) is 54.6 Å². The Balaban J connectivity index is 0.915. The molecule has 8 aromatic rings. The van der Waals surface area contributed by atoms with Gasteiger partial charge in [-0.1, -0.05) is 48.5 Å². The molecule has 25 nitrogen and oxygen atoms in total. The van der Waals surface area contributed by atoms with Gasteiger partial charge in [-0.2, -0.15) is 0 Å². The Morgan fingerprint density at radius 3 is 1.08 bits per heavy atom. The largest absolute Gasteiger partial charge is 0.744 e. The van der Waals surface area contributed by atoms with Crippen molar-refractivity contribution in [3.63, 3.8) is 0 Å². The van der Waals surface area contributed by atoms with E-state index < -0.39 is 112 Å². The predicted molar refractivity (Wildman–Crippen MR) is 277 cm³/mol. The molecule has 0 aliphatic rings. The molecule has 0 radical (unpaired) electrons. The number of fused-ring (bicyclic) bond motifs is 2. The first kappa shape index (κ1) is 55.4. The number of urea groups is 1. The van der Waals surface area contributed by atoms with Gasteiger partial charge in [-0.05, 0) is 86.6 Å². The number of amides is 6. The molecular formula is C49H38N8O17S4-4. The smallest absolute Gasteiger partial charge is 0.323 e. The normalized spacial score (nSPS) is 12.0. The number of aromatic nitrogens is 2. The summed E-state index contributed by atoms with van der Waals surface area (Å²) in [6.45, 7) is 3.11. The lowest BCUT2D eigenvalue weighted by Gasteiger charge is -2.19. The number of nitrogens with zero attached hydrogens (tertiary/aromatic N) is 2. The van der Waals surface area contributed by atoms with Crippen LogP contribution in [0.5, 0.6) is 0 Å². The zero-order valence-corrected chi connectivity index (χ0v) is 43.8. The van der Waals surface area contributed by atoms with E-state index in [1.165, 1.54) is 83.9 Å². The number of hydrogen-bond donors (Lipinski definition) is 6. The van der Waals surface area contributed by atoms with Crippen LogP contribution in [0, 0.1) is 13.8 Å². The standard InChI is InChI=1S/C49H42N8O17S4/c1-25-37(23-39(56(25)3)47(60)52-35-19-17-31-33(43(35)77(69,70)71)13-7-15-41(31)75(63,64)65)54-45(58)27-9-5-11-29(21-27)50-49(62)51-30-12-6-10-28(22-30)46(59)55-38-24-40(57(4)26(38)2)48(61)53-36-20-18-32-34(44(36)78(72,73)74)14-8-16-42(32)76(66,67)68/h5-24H,1-4H3,(H,52,60)(H,53,61)(H,54,58)(H,55,59)(H2,50,51,62)(H,63,64,65)(H,66,67,68)(H,69,70,71)(H,72,73,74)/p-4. The Kier molecular flexibility index (Phi) is 14.7. The molecule has 404 valence electrons. The molecule has 78 heavy (non-hydrogen) atoms. The molecular weight excluding hydrogens is 1100 g/mol. The van der Waals surface area contributed by atoms with E-state index in [-0.39, 0.29) is 56.0 Å². The van der Waals surface area contributed by atoms with Crippen LogP contribution in [0.2, 0.25) is 0 Å². The second kappa shape index (κ2) is 20.6. The summed E-state index contributed by atoms with van der Waals surface area (Å²) in [5, 5.41) is 13.6. The van der Waals surface area contributed by atoms with E-state index in [4.69, 9.17) is 0 Å². The number of hydrogen-bond acceptors (Lipinski definition) is 17. The Bertz CT molecular complexity index is 4110. The van der Waals surface area contributed by atoms with E-state index in [0.717, 1.165) is 60.7 Å². The highest BCUT2D eigenvalue weighted by molar-refractivity contribution is 7.87. The van der Waals surface area contributed by atoms with E-state index >= 15 is 0 Å². The summed E-state index contributed by atoms with van der Waals surface area (Å²) >= 11 is 0. The maximum atomic E-state index is 13.6. The molecule has 0 spiro atoms. The van der Waals surface area contributed by atoms with E-state index in [0.29, 0.717) is 11.4 Å². The molecule has 0 saturated heterocycles. The van der Waals surface area contributed by atoms with Crippen molar-refractivity contribution in [3.8, 4) is 0 Å². The lowest BCUT2D eigenvalue weighted by Crippen LogP contribution is -2.20. The van der Waals surface area contributed by atoms with Crippen LogP contribution in [0.3, 0.4) is 0 Å². The SMILES string of the molecule is Cc1c(NC(=O)c2cccc(NC(=O)Nc3cccc(C(=O)Nc4cc(C(=O)Nc5ccc6c(S(=O)(=O)[O-])cccc6c5S(=O)(=O)[O-])n(C)c4C)c3)c2)cc(C(=O)Nc2ccc3c(S(=O)(=O)[O-])cccc3c2S(=O)(=O)[O-])n1C. The first-order valence-corrected chi connectivity index (χ1v) is 27.9. The molecule has 8 rings (SSSR count). The third-order valence-electron chi connectivity index (χ3n) is 12.3. The average Bonchev–Trinajstić information content (AvgIpc) is 3.90. The quantitative estimate of drug-likeness (QED) is 0.0726. The minimum absolute atomic E-state index is 0.0437. The Hall–Kier alpha value is -8.81. The summed E-state index contributed by atoms with van der Waals surface area (Å²) in [6.07, 6.45) is 0. The highest BCUT2D eigenvalue weighted by Crippen LogP contribution is 2.36. The van der Waals surface area contributed by atoms with E-state index in [1.54, 1.807) is 13.8 Å². The van der Waals surface area contributed by atoms with Crippen LogP contribution in [-0.4, -0.2) is 90.7 Å². The van der Waals surface area contributed by atoms with Gasteiger partial charge in [0.25, 0.3) is 23.6 Å². The van der Waals surface area contributed by atoms with Crippen molar-refractivity contribution in [2.45, 2.75) is 33.4 Å². The predicted octanol–water partition coefficient (Wildman–Crippen LogP) is 5.56. The number of carbonyl (C=O) groups is 5. The summed E-state index contributed by atoms with van der Waals surface area (Å²) < 4.78 is 148. The number of rotatable bonds is 14. The molecule has 0 unspecified atom stereocenters. The van der Waals surface area contributed by atoms with E-state index in [9.17, 15) is 75.9 Å². The average molecular weight is 1140 g/mol. The third-order valence-corrected chi connectivity index (χ3v) is 15.9. The number of benzene rings is 6. The second-order valence-corrected chi connectivity index (χ2v) is 22.5. The van der Waals surface area contributed by atoms with Gasteiger partial charge in [-0.15, -0.1) is 0 Å². The molecule has 0 saturated carbocycles. The molecule has 0 aliphatic carbocycles. The summed E-state index contributed by atoms with van der Waals surface area (Å²) in [5.41, 5.74) is 0.0950. The van der Waals surface area contributed by atoms with Gasteiger partial charge in [0.15, 0.2) is 0 Å². The van der Waals surface area contributed by atoms with Crippen LogP contribution < -0.4 is 31.9 Å². The summed E-state index contributed by atoms with van der Waals surface area (Å²) in [4.78, 5) is 63.9. The monoisotopic (exact) mass is 1140 g/mol. The molecule has 0 bridgehead atoms. The molecule has 0 atom stereocenters. The number of anilines is 6. The Labute approximate surface area is 443 Å². The van der Waals surface area contributed by atoms with Gasteiger partial charge in [0.05, 0.1) is 42.3 Å². The Morgan fingerprint density at radius 1 is 0.385 bits per heavy atom. The van der Waals surface area contributed by atoms with Gasteiger partial charge in [0, 0.05) is 69.5 Å². The molecule has 0 aliphatic heterocycles. The highest BCUT2D eigenvalue weighted by atomic mass is 32.2. The van der Waals surface area contributed by atoms with Crippen LogP contribution in [0.1, 0.15) is 53.1 Å². The minimum Gasteiger partial charge on any atom is -0.744 e. The maximum Gasteiger partial charge on any atom is 0.323 e. The summed E-state index contributed by atoms with van der Waals surface area (Å²) in [7, 11) is -18.0. The fraction of sp³-hybridized carbons (Fsp3) is 0.0816. The van der Waals surface area contributed by atoms with Crippen molar-refractivity contribution >= 4 is 126 Å². The van der Waals surface area contributed by atoms with Gasteiger partial charge in [-0.25, -0.2) is 38.5 Å². The van der Waals surface area contributed by atoms with Crippen LogP contribution in [0.4, 0.5) is 38.9 Å². The lowest BCUT2D eigenvalue weighted by molar-refractivity contribution is 0.101. The topological polar surface area (TPSA) is 396 Å². The van der Waals surface area contributed by atoms with Crippen molar-refractivity contribution < 1.29 is 75.9 Å². The summed E-state index contributed by atoms with van der Waals surface area (Å²) in [6, 6.07) is 23.5. The van der Waals surface area contributed by atoms with Crippen molar-refractivity contribution in [2.24, 2.45) is 14.1 Å². The van der Waals surface area contributed by atoms with Crippen molar-refractivity contribution in [1.82, 2.24) is 9.13 Å². The van der Waals surface area contributed by atoms with E-state index in [2.05, 4.69) is 31.9 Å². The number of nitrogens with one attached hydrogen (secondary N) is 6. The van der Waals surface area contributed by atoms with Gasteiger partial charge >= 0.3 is 6.03 Å². The first-order valence-electron chi connectivity index (χ1n) is 22.2. The molecule has 0 fully saturated rings. The molecule has 2 heterocycles. The van der Waals surface area contributed by atoms with Gasteiger partial charge < -0.3 is 59.2 Å². The molecule has 6 N–H and O–H groups in total. The maximum absolute atomic E-state index is 13.6. The zero-order valence-electron chi connectivity index (χ0n) is 40.5. The van der Waals surface area contributed by atoms with Gasteiger partial charge in [-0.3, -0.25) is 19.2 Å². The molecule has 6 amide bonds. The fourth-order valence-electron chi connectivity index (χ4n) is 8.39. The highest BCUT2D eigenvalue weighted by Gasteiger charge is 2.25. The molecule has 2 aromatic heterocycles. The fourth-order valence-corrected chi connectivity index (χ4v) is 11.4.